The standard InChI is InChI=1S/C12H18N2O7S/c1-13(2)22(18,19)11-5-4-9(21-11)12(17)14(6-7-20-3)8-10(15)16/h4-5H,6-8H2,1-3H3,(H,15,16). The van der Waals surface area contributed by atoms with Crippen molar-refractivity contribution in [2.45, 2.75) is 5.09 Å². The molecule has 10 heteroatoms. The molecule has 0 saturated heterocycles. The third-order valence-corrected chi connectivity index (χ3v) is 4.40. The largest absolute Gasteiger partial charge is 0.480 e. The van der Waals surface area contributed by atoms with Gasteiger partial charge in [0.05, 0.1) is 6.61 Å². The fourth-order valence-electron chi connectivity index (χ4n) is 1.53. The number of carbonyl (C=O) groups is 2. The van der Waals surface area contributed by atoms with Crippen molar-refractivity contribution in [2.75, 3.05) is 40.9 Å². The third-order valence-electron chi connectivity index (χ3n) is 2.71. The first-order valence-electron chi connectivity index (χ1n) is 6.22. The molecule has 0 bridgehead atoms. The summed E-state index contributed by atoms with van der Waals surface area (Å²) < 4.78 is 34.6. The van der Waals surface area contributed by atoms with Gasteiger partial charge in [0.2, 0.25) is 5.09 Å². The Bertz CT molecular complexity index is 636. The predicted molar refractivity (Wildman–Crippen MR) is 75.0 cm³/mol. The van der Waals surface area contributed by atoms with Crippen molar-refractivity contribution in [1.82, 2.24) is 9.21 Å². The number of nitrogens with zero attached hydrogens (tertiary/aromatic N) is 2. The van der Waals surface area contributed by atoms with E-state index in [-0.39, 0.29) is 24.0 Å². The molecule has 0 aliphatic carbocycles. The summed E-state index contributed by atoms with van der Waals surface area (Å²) in [6.45, 7) is -0.362. The van der Waals surface area contributed by atoms with E-state index in [4.69, 9.17) is 14.3 Å². The number of furan rings is 1. The molecular weight excluding hydrogens is 316 g/mol. The van der Waals surface area contributed by atoms with E-state index in [9.17, 15) is 18.0 Å². The van der Waals surface area contributed by atoms with Crippen LogP contribution in [0.15, 0.2) is 21.6 Å². The van der Waals surface area contributed by atoms with Gasteiger partial charge >= 0.3 is 5.97 Å². The molecule has 22 heavy (non-hydrogen) atoms. The number of carboxylic acids is 1. The fourth-order valence-corrected chi connectivity index (χ4v) is 2.32. The molecule has 1 N–H and O–H groups in total. The van der Waals surface area contributed by atoms with Crippen LogP contribution in [0.5, 0.6) is 0 Å². The lowest BCUT2D eigenvalue weighted by atomic mass is 10.3. The molecule has 0 atom stereocenters. The number of amides is 1. The smallest absolute Gasteiger partial charge is 0.323 e. The number of hydrogen-bond donors (Lipinski definition) is 1. The molecule has 0 aromatic carbocycles. The highest BCUT2D eigenvalue weighted by Crippen LogP contribution is 2.18. The fraction of sp³-hybridized carbons (Fsp3) is 0.500. The minimum absolute atomic E-state index is 0.0398. The van der Waals surface area contributed by atoms with E-state index in [0.717, 1.165) is 15.3 Å². The average molecular weight is 334 g/mol. The van der Waals surface area contributed by atoms with Crippen LogP contribution in [-0.4, -0.2) is 75.5 Å². The Morgan fingerprint density at radius 2 is 1.95 bits per heavy atom. The van der Waals surface area contributed by atoms with Crippen LogP contribution in [0.2, 0.25) is 0 Å². The highest BCUT2D eigenvalue weighted by atomic mass is 32.2. The number of carboxylic acid groups (broad SMARTS) is 1. The maximum atomic E-state index is 12.2. The molecule has 9 nitrogen and oxygen atoms in total. The molecule has 1 heterocycles. The molecule has 1 rings (SSSR count). The molecule has 0 aliphatic heterocycles. The Balaban J connectivity index is 3.00. The van der Waals surface area contributed by atoms with Gasteiger partial charge in [0.15, 0.2) is 5.76 Å². The zero-order valence-electron chi connectivity index (χ0n) is 12.5. The first-order chi connectivity index (χ1) is 10.2. The van der Waals surface area contributed by atoms with Crippen molar-refractivity contribution < 1.29 is 32.3 Å². The number of rotatable bonds is 8. The Morgan fingerprint density at radius 1 is 1.32 bits per heavy atom. The lowest BCUT2D eigenvalue weighted by Crippen LogP contribution is -2.37. The highest BCUT2D eigenvalue weighted by Gasteiger charge is 2.26. The molecule has 0 spiro atoms. The van der Waals surface area contributed by atoms with Crippen molar-refractivity contribution in [1.29, 1.82) is 0 Å². The highest BCUT2D eigenvalue weighted by molar-refractivity contribution is 7.88. The van der Waals surface area contributed by atoms with Crippen LogP contribution in [-0.2, 0) is 19.6 Å². The molecule has 1 aromatic heterocycles. The van der Waals surface area contributed by atoms with E-state index in [2.05, 4.69) is 0 Å². The van der Waals surface area contributed by atoms with Crippen LogP contribution in [0.4, 0.5) is 0 Å². The summed E-state index contributed by atoms with van der Waals surface area (Å²) in [5.74, 6) is -2.17. The second-order valence-corrected chi connectivity index (χ2v) is 6.60. The van der Waals surface area contributed by atoms with Crippen molar-refractivity contribution in [3.8, 4) is 0 Å². The van der Waals surface area contributed by atoms with Gasteiger partial charge in [-0.25, -0.2) is 12.7 Å². The molecule has 0 fully saturated rings. The number of carbonyl (C=O) groups excluding carboxylic acids is 1. The van der Waals surface area contributed by atoms with Gasteiger partial charge in [-0.1, -0.05) is 0 Å². The quantitative estimate of drug-likeness (QED) is 0.693. The molecular formula is C12H18N2O7S. The first kappa shape index (κ1) is 18.1. The van der Waals surface area contributed by atoms with Gasteiger partial charge in [0.25, 0.3) is 15.9 Å². The van der Waals surface area contributed by atoms with Gasteiger partial charge in [0.1, 0.15) is 6.54 Å². The number of methoxy groups -OCH3 is 1. The second kappa shape index (κ2) is 7.38. The van der Waals surface area contributed by atoms with E-state index in [1.54, 1.807) is 0 Å². The summed E-state index contributed by atoms with van der Waals surface area (Å²) in [6.07, 6.45) is 0. The topological polar surface area (TPSA) is 117 Å². The van der Waals surface area contributed by atoms with Gasteiger partial charge in [-0.05, 0) is 12.1 Å². The van der Waals surface area contributed by atoms with Gasteiger partial charge in [0, 0.05) is 27.7 Å². The van der Waals surface area contributed by atoms with Gasteiger partial charge in [-0.15, -0.1) is 0 Å². The van der Waals surface area contributed by atoms with Gasteiger partial charge in [-0.3, -0.25) is 9.59 Å². The number of sulfonamides is 1. The normalized spacial score (nSPS) is 11.6. The molecule has 0 unspecified atom stereocenters. The van der Waals surface area contributed by atoms with Gasteiger partial charge < -0.3 is 19.2 Å². The lowest BCUT2D eigenvalue weighted by Gasteiger charge is -2.18. The minimum atomic E-state index is -3.80. The van der Waals surface area contributed by atoms with E-state index in [1.165, 1.54) is 27.3 Å². The van der Waals surface area contributed by atoms with Crippen LogP contribution in [0.25, 0.3) is 0 Å². The van der Waals surface area contributed by atoms with Crippen LogP contribution < -0.4 is 0 Å². The first-order valence-corrected chi connectivity index (χ1v) is 7.66. The Hall–Kier alpha value is -1.91. The van der Waals surface area contributed by atoms with Crippen LogP contribution in [0.3, 0.4) is 0 Å². The zero-order chi connectivity index (χ0) is 16.9. The Morgan fingerprint density at radius 3 is 2.45 bits per heavy atom. The van der Waals surface area contributed by atoms with Crippen molar-refractivity contribution in [3.05, 3.63) is 17.9 Å². The van der Waals surface area contributed by atoms with Gasteiger partial charge in [-0.2, -0.15) is 0 Å². The molecule has 124 valence electrons. The predicted octanol–water partition coefficient (Wildman–Crippen LogP) is -0.297. The maximum Gasteiger partial charge on any atom is 0.323 e. The lowest BCUT2D eigenvalue weighted by molar-refractivity contribution is -0.137. The summed E-state index contributed by atoms with van der Waals surface area (Å²) in [5.41, 5.74) is 0. The van der Waals surface area contributed by atoms with E-state index in [0.29, 0.717) is 0 Å². The molecule has 1 aromatic rings. The summed E-state index contributed by atoms with van der Waals surface area (Å²) >= 11 is 0. The van der Waals surface area contributed by atoms with Crippen LogP contribution in [0.1, 0.15) is 10.6 Å². The van der Waals surface area contributed by atoms with Crippen molar-refractivity contribution in [2.24, 2.45) is 0 Å². The monoisotopic (exact) mass is 334 g/mol. The number of aliphatic carboxylic acids is 1. The van der Waals surface area contributed by atoms with Crippen LogP contribution in [0, 0.1) is 0 Å². The molecule has 0 aliphatic rings. The molecule has 0 saturated carbocycles. The van der Waals surface area contributed by atoms with E-state index >= 15 is 0 Å². The molecule has 0 radical (unpaired) electrons. The zero-order valence-corrected chi connectivity index (χ0v) is 13.3. The van der Waals surface area contributed by atoms with E-state index in [1.807, 2.05) is 0 Å². The van der Waals surface area contributed by atoms with Crippen molar-refractivity contribution in [3.63, 3.8) is 0 Å². The maximum absolute atomic E-state index is 12.2. The van der Waals surface area contributed by atoms with Crippen molar-refractivity contribution >= 4 is 21.9 Å². The Labute approximate surface area is 128 Å². The summed E-state index contributed by atoms with van der Waals surface area (Å²) in [5, 5.41) is 8.43. The summed E-state index contributed by atoms with van der Waals surface area (Å²) in [6, 6.07) is 2.35. The Kier molecular flexibility index (Phi) is 6.09. The minimum Gasteiger partial charge on any atom is -0.480 e. The number of ether oxygens (including phenoxy) is 1. The van der Waals surface area contributed by atoms with E-state index < -0.39 is 28.4 Å². The summed E-state index contributed by atoms with van der Waals surface area (Å²) in [7, 11) is 0.270. The number of hydrogen-bond acceptors (Lipinski definition) is 6. The van der Waals surface area contributed by atoms with Crippen LogP contribution >= 0.6 is 0 Å². The summed E-state index contributed by atoms with van der Waals surface area (Å²) in [4.78, 5) is 24.0. The average Bonchev–Trinajstić information content (AvgIpc) is 2.92. The molecule has 1 amide bonds. The second-order valence-electron chi connectivity index (χ2n) is 4.52. The SMILES string of the molecule is COCCN(CC(=O)O)C(=O)c1ccc(S(=O)(=O)N(C)C)o1. The third kappa shape index (κ3) is 4.29.